The molecular weight excluding hydrogens is 228 g/mol. The third kappa shape index (κ3) is 4.98. The third-order valence-corrected chi connectivity index (χ3v) is 2.68. The molecule has 0 atom stereocenters. The minimum atomic E-state index is -0.165. The van der Waals surface area contributed by atoms with Gasteiger partial charge >= 0.3 is 5.97 Å². The standard InChI is InChI=1S/C14H18N2O2/c1-16(9-3-4-14(17)18-2)11-13-7-5-12(10-15)6-8-13/h5-8H,3-4,9,11H2,1-2H3. The Balaban J connectivity index is 2.33. The lowest BCUT2D eigenvalue weighted by Crippen LogP contribution is -2.20. The molecule has 0 saturated carbocycles. The fourth-order valence-corrected chi connectivity index (χ4v) is 1.67. The van der Waals surface area contributed by atoms with Crippen LogP contribution in [0.1, 0.15) is 24.0 Å². The predicted molar refractivity (Wildman–Crippen MR) is 68.7 cm³/mol. The Morgan fingerprint density at radius 1 is 1.39 bits per heavy atom. The van der Waals surface area contributed by atoms with Gasteiger partial charge in [-0.05, 0) is 37.7 Å². The molecule has 0 amide bonds. The molecule has 0 saturated heterocycles. The predicted octanol–water partition coefficient (Wildman–Crippen LogP) is 1.94. The van der Waals surface area contributed by atoms with Gasteiger partial charge in [0.1, 0.15) is 0 Å². The lowest BCUT2D eigenvalue weighted by atomic mass is 10.1. The van der Waals surface area contributed by atoms with Crippen molar-refractivity contribution in [1.82, 2.24) is 4.90 Å². The fourth-order valence-electron chi connectivity index (χ4n) is 1.67. The summed E-state index contributed by atoms with van der Waals surface area (Å²) >= 11 is 0. The van der Waals surface area contributed by atoms with E-state index in [2.05, 4.69) is 15.7 Å². The van der Waals surface area contributed by atoms with Gasteiger partial charge in [0.15, 0.2) is 0 Å². The van der Waals surface area contributed by atoms with Crippen LogP contribution in [0.5, 0.6) is 0 Å². The first-order valence-electron chi connectivity index (χ1n) is 5.90. The van der Waals surface area contributed by atoms with Crippen LogP contribution in [0.4, 0.5) is 0 Å². The number of benzene rings is 1. The normalized spacial score (nSPS) is 10.1. The maximum Gasteiger partial charge on any atom is 0.305 e. The molecular formula is C14H18N2O2. The zero-order valence-electron chi connectivity index (χ0n) is 10.8. The Hall–Kier alpha value is -1.86. The smallest absolute Gasteiger partial charge is 0.305 e. The molecule has 18 heavy (non-hydrogen) atoms. The molecule has 0 heterocycles. The summed E-state index contributed by atoms with van der Waals surface area (Å²) < 4.78 is 4.59. The van der Waals surface area contributed by atoms with Crippen LogP contribution < -0.4 is 0 Å². The van der Waals surface area contributed by atoms with Gasteiger partial charge in [0, 0.05) is 13.0 Å². The number of nitriles is 1. The molecule has 0 bridgehead atoms. The number of hydrogen-bond donors (Lipinski definition) is 0. The highest BCUT2D eigenvalue weighted by atomic mass is 16.5. The van der Waals surface area contributed by atoms with Crippen molar-refractivity contribution in [3.05, 3.63) is 35.4 Å². The van der Waals surface area contributed by atoms with Gasteiger partial charge in [-0.1, -0.05) is 12.1 Å². The second-order valence-corrected chi connectivity index (χ2v) is 4.23. The van der Waals surface area contributed by atoms with E-state index in [4.69, 9.17) is 5.26 Å². The van der Waals surface area contributed by atoms with E-state index < -0.39 is 0 Å². The van der Waals surface area contributed by atoms with Crippen molar-refractivity contribution in [1.29, 1.82) is 5.26 Å². The molecule has 0 spiro atoms. The first-order valence-corrected chi connectivity index (χ1v) is 5.90. The molecule has 0 N–H and O–H groups in total. The summed E-state index contributed by atoms with van der Waals surface area (Å²) in [6, 6.07) is 9.64. The molecule has 4 nitrogen and oxygen atoms in total. The largest absolute Gasteiger partial charge is 0.469 e. The van der Waals surface area contributed by atoms with Crippen molar-refractivity contribution < 1.29 is 9.53 Å². The minimum absolute atomic E-state index is 0.165. The van der Waals surface area contributed by atoms with Gasteiger partial charge in [0.05, 0.1) is 18.7 Å². The first-order chi connectivity index (χ1) is 8.65. The van der Waals surface area contributed by atoms with Crippen molar-refractivity contribution in [3.8, 4) is 6.07 Å². The van der Waals surface area contributed by atoms with Gasteiger partial charge in [-0.25, -0.2) is 0 Å². The number of ether oxygens (including phenoxy) is 1. The number of carbonyl (C=O) groups is 1. The monoisotopic (exact) mass is 246 g/mol. The van der Waals surface area contributed by atoms with Crippen LogP contribution in [-0.2, 0) is 16.1 Å². The molecule has 1 aromatic rings. The molecule has 0 aliphatic carbocycles. The van der Waals surface area contributed by atoms with E-state index in [9.17, 15) is 4.79 Å². The molecule has 0 radical (unpaired) electrons. The highest BCUT2D eigenvalue weighted by Gasteiger charge is 2.03. The highest BCUT2D eigenvalue weighted by molar-refractivity contribution is 5.69. The maximum atomic E-state index is 11.0. The van der Waals surface area contributed by atoms with E-state index in [0.29, 0.717) is 12.0 Å². The summed E-state index contributed by atoms with van der Waals surface area (Å²) in [5, 5.41) is 8.70. The highest BCUT2D eigenvalue weighted by Crippen LogP contribution is 2.06. The average Bonchev–Trinajstić information content (AvgIpc) is 2.39. The molecule has 0 unspecified atom stereocenters. The van der Waals surface area contributed by atoms with Gasteiger partial charge in [0.25, 0.3) is 0 Å². The lowest BCUT2D eigenvalue weighted by molar-refractivity contribution is -0.140. The Kier molecular flexibility index (Phi) is 5.89. The summed E-state index contributed by atoms with van der Waals surface area (Å²) in [7, 11) is 3.41. The Morgan fingerprint density at radius 3 is 2.61 bits per heavy atom. The van der Waals surface area contributed by atoms with Gasteiger partial charge in [0.2, 0.25) is 0 Å². The van der Waals surface area contributed by atoms with E-state index in [-0.39, 0.29) is 5.97 Å². The number of esters is 1. The van der Waals surface area contributed by atoms with Crippen molar-refractivity contribution in [2.24, 2.45) is 0 Å². The molecule has 4 heteroatoms. The molecule has 1 rings (SSSR count). The van der Waals surface area contributed by atoms with E-state index in [1.54, 1.807) is 0 Å². The van der Waals surface area contributed by atoms with Gasteiger partial charge in [-0.15, -0.1) is 0 Å². The Morgan fingerprint density at radius 2 is 2.06 bits per heavy atom. The van der Waals surface area contributed by atoms with Gasteiger partial charge in [-0.2, -0.15) is 5.26 Å². The van der Waals surface area contributed by atoms with Crippen LogP contribution in [-0.4, -0.2) is 31.6 Å². The second-order valence-electron chi connectivity index (χ2n) is 4.23. The molecule has 0 aliphatic heterocycles. The zero-order valence-corrected chi connectivity index (χ0v) is 10.8. The number of nitrogens with zero attached hydrogens (tertiary/aromatic N) is 2. The van der Waals surface area contributed by atoms with Crippen molar-refractivity contribution in [2.45, 2.75) is 19.4 Å². The fraction of sp³-hybridized carbons (Fsp3) is 0.429. The SMILES string of the molecule is COC(=O)CCCN(C)Cc1ccc(C#N)cc1. The first kappa shape index (κ1) is 14.2. The van der Waals surface area contributed by atoms with E-state index in [0.717, 1.165) is 25.1 Å². The van der Waals surface area contributed by atoms with Crippen LogP contribution in [0.2, 0.25) is 0 Å². The van der Waals surface area contributed by atoms with Crippen LogP contribution in [0.15, 0.2) is 24.3 Å². The quantitative estimate of drug-likeness (QED) is 0.720. The van der Waals surface area contributed by atoms with Gasteiger partial charge in [-0.3, -0.25) is 4.79 Å². The van der Waals surface area contributed by atoms with Crippen molar-refractivity contribution in [3.63, 3.8) is 0 Å². The van der Waals surface area contributed by atoms with Crippen LogP contribution in [0.3, 0.4) is 0 Å². The van der Waals surface area contributed by atoms with E-state index in [1.165, 1.54) is 7.11 Å². The molecule has 0 fully saturated rings. The molecule has 1 aromatic carbocycles. The Labute approximate surface area is 108 Å². The molecule has 0 aliphatic rings. The average molecular weight is 246 g/mol. The van der Waals surface area contributed by atoms with Crippen molar-refractivity contribution >= 4 is 5.97 Å². The number of hydrogen-bond acceptors (Lipinski definition) is 4. The topological polar surface area (TPSA) is 53.3 Å². The van der Waals surface area contributed by atoms with Gasteiger partial charge < -0.3 is 9.64 Å². The summed E-state index contributed by atoms with van der Waals surface area (Å²) in [5.41, 5.74) is 1.83. The number of carbonyl (C=O) groups excluding carboxylic acids is 1. The second kappa shape index (κ2) is 7.46. The van der Waals surface area contributed by atoms with E-state index in [1.807, 2.05) is 31.3 Å². The third-order valence-electron chi connectivity index (χ3n) is 2.68. The summed E-state index contributed by atoms with van der Waals surface area (Å²) in [6.07, 6.45) is 1.24. The Bertz CT molecular complexity index is 420. The summed E-state index contributed by atoms with van der Waals surface area (Å²) in [6.45, 7) is 1.65. The summed E-state index contributed by atoms with van der Waals surface area (Å²) in [5.74, 6) is -0.165. The minimum Gasteiger partial charge on any atom is -0.469 e. The zero-order chi connectivity index (χ0) is 13.4. The molecule has 96 valence electrons. The number of methoxy groups -OCH3 is 1. The maximum absolute atomic E-state index is 11.0. The van der Waals surface area contributed by atoms with Crippen LogP contribution >= 0.6 is 0 Å². The lowest BCUT2D eigenvalue weighted by Gasteiger charge is -2.16. The number of rotatable bonds is 6. The molecule has 0 aromatic heterocycles. The van der Waals surface area contributed by atoms with Crippen molar-refractivity contribution in [2.75, 3.05) is 20.7 Å². The summed E-state index contributed by atoms with van der Waals surface area (Å²) in [4.78, 5) is 13.1. The van der Waals surface area contributed by atoms with E-state index >= 15 is 0 Å². The van der Waals surface area contributed by atoms with Crippen LogP contribution in [0, 0.1) is 11.3 Å². The van der Waals surface area contributed by atoms with Crippen LogP contribution in [0.25, 0.3) is 0 Å².